The maximum Gasteiger partial charge on any atom is 0.254 e. The van der Waals surface area contributed by atoms with Crippen LogP contribution < -0.4 is 5.32 Å². The zero-order valence-electron chi connectivity index (χ0n) is 12.4. The number of nitrogens with one attached hydrogen (secondary N) is 1. The van der Waals surface area contributed by atoms with Crippen molar-refractivity contribution in [3.8, 4) is 0 Å². The summed E-state index contributed by atoms with van der Waals surface area (Å²) >= 11 is 1.63. The Balaban J connectivity index is 1.66. The van der Waals surface area contributed by atoms with E-state index in [2.05, 4.69) is 10.4 Å². The predicted octanol–water partition coefficient (Wildman–Crippen LogP) is 1.28. The summed E-state index contributed by atoms with van der Waals surface area (Å²) in [6.45, 7) is 1.43. The molecule has 0 unspecified atom stereocenters. The minimum Gasteiger partial charge on any atom is -0.352 e. The lowest BCUT2D eigenvalue weighted by molar-refractivity contribution is -0.131. The smallest absolute Gasteiger partial charge is 0.254 e. The highest BCUT2D eigenvalue weighted by Crippen LogP contribution is 2.14. The monoisotopic (exact) mass is 318 g/mol. The summed E-state index contributed by atoms with van der Waals surface area (Å²) in [5.41, 5.74) is 1.37. The van der Waals surface area contributed by atoms with Gasteiger partial charge >= 0.3 is 0 Å². The quantitative estimate of drug-likeness (QED) is 0.923. The van der Waals surface area contributed by atoms with Gasteiger partial charge in [0, 0.05) is 24.7 Å². The number of hydrogen-bond donors (Lipinski definition) is 1. The van der Waals surface area contributed by atoms with Gasteiger partial charge in [-0.2, -0.15) is 5.10 Å². The molecule has 3 rings (SSSR count). The first kappa shape index (κ1) is 14.8. The SMILES string of the molecule is CN(Cc1cccs1)C(=O)Cn1cc2c(n1)CCCNC2=O. The molecule has 1 aliphatic rings. The zero-order chi connectivity index (χ0) is 15.5. The van der Waals surface area contributed by atoms with Gasteiger partial charge in [-0.3, -0.25) is 14.3 Å². The normalized spacial score (nSPS) is 14.1. The topological polar surface area (TPSA) is 67.2 Å². The van der Waals surface area contributed by atoms with Crippen LogP contribution in [0.2, 0.25) is 0 Å². The van der Waals surface area contributed by atoms with Crippen molar-refractivity contribution in [2.24, 2.45) is 0 Å². The van der Waals surface area contributed by atoms with Crippen LogP contribution in [0.25, 0.3) is 0 Å². The molecule has 0 aromatic carbocycles. The van der Waals surface area contributed by atoms with Crippen molar-refractivity contribution in [1.82, 2.24) is 20.0 Å². The van der Waals surface area contributed by atoms with E-state index in [0.717, 1.165) is 23.4 Å². The minimum atomic E-state index is -0.0989. The van der Waals surface area contributed by atoms with Crippen LogP contribution in [0, 0.1) is 0 Å². The molecule has 6 nitrogen and oxygen atoms in total. The summed E-state index contributed by atoms with van der Waals surface area (Å²) in [6.07, 6.45) is 3.31. The fourth-order valence-electron chi connectivity index (χ4n) is 2.45. The van der Waals surface area contributed by atoms with Crippen LogP contribution >= 0.6 is 11.3 Å². The summed E-state index contributed by atoms with van der Waals surface area (Å²) < 4.78 is 1.57. The van der Waals surface area contributed by atoms with E-state index in [0.29, 0.717) is 18.7 Å². The summed E-state index contributed by atoms with van der Waals surface area (Å²) in [4.78, 5) is 27.0. The van der Waals surface area contributed by atoms with Gasteiger partial charge in [0.25, 0.3) is 5.91 Å². The summed E-state index contributed by atoms with van der Waals surface area (Å²) in [6, 6.07) is 3.98. The third kappa shape index (κ3) is 3.19. The molecular formula is C15H18N4O2S. The number of carbonyl (C=O) groups excluding carboxylic acids is 2. The van der Waals surface area contributed by atoms with Gasteiger partial charge < -0.3 is 10.2 Å². The van der Waals surface area contributed by atoms with E-state index >= 15 is 0 Å². The lowest BCUT2D eigenvalue weighted by atomic mass is 10.2. The van der Waals surface area contributed by atoms with Crippen LogP contribution in [0.15, 0.2) is 23.7 Å². The molecule has 0 fully saturated rings. The Hall–Kier alpha value is -2.15. The second kappa shape index (κ2) is 6.31. The van der Waals surface area contributed by atoms with Crippen molar-refractivity contribution in [2.45, 2.75) is 25.9 Å². The van der Waals surface area contributed by atoms with Gasteiger partial charge in [0.05, 0.1) is 17.8 Å². The third-order valence-corrected chi connectivity index (χ3v) is 4.52. The molecule has 7 heteroatoms. The number of thiophene rings is 1. The Morgan fingerprint density at radius 2 is 2.41 bits per heavy atom. The molecule has 116 valence electrons. The van der Waals surface area contributed by atoms with E-state index in [1.54, 1.807) is 34.2 Å². The van der Waals surface area contributed by atoms with Gasteiger partial charge in [-0.25, -0.2) is 0 Å². The Morgan fingerprint density at radius 3 is 3.18 bits per heavy atom. The maximum atomic E-state index is 12.3. The van der Waals surface area contributed by atoms with E-state index in [-0.39, 0.29) is 18.4 Å². The first-order valence-corrected chi connectivity index (χ1v) is 8.12. The number of likely N-dealkylation sites (N-methyl/N-ethyl adjacent to an activating group) is 1. The van der Waals surface area contributed by atoms with Crippen LogP contribution in [0.5, 0.6) is 0 Å². The first-order valence-electron chi connectivity index (χ1n) is 7.24. The Labute approximate surface area is 132 Å². The van der Waals surface area contributed by atoms with E-state index in [4.69, 9.17) is 0 Å². The van der Waals surface area contributed by atoms with Crippen LogP contribution in [0.3, 0.4) is 0 Å². The second-order valence-electron chi connectivity index (χ2n) is 5.38. The molecule has 0 radical (unpaired) electrons. The van der Waals surface area contributed by atoms with Gasteiger partial charge in [-0.1, -0.05) is 6.07 Å². The van der Waals surface area contributed by atoms with Crippen molar-refractivity contribution in [1.29, 1.82) is 0 Å². The Morgan fingerprint density at radius 1 is 1.55 bits per heavy atom. The van der Waals surface area contributed by atoms with Crippen molar-refractivity contribution in [3.05, 3.63) is 39.8 Å². The van der Waals surface area contributed by atoms with E-state index in [1.165, 1.54) is 0 Å². The summed E-state index contributed by atoms with van der Waals surface area (Å²) in [5.74, 6) is -0.121. The van der Waals surface area contributed by atoms with E-state index < -0.39 is 0 Å². The molecule has 0 saturated heterocycles. The maximum absolute atomic E-state index is 12.3. The van der Waals surface area contributed by atoms with Crippen LogP contribution in [0.4, 0.5) is 0 Å². The number of nitrogens with zero attached hydrogens (tertiary/aromatic N) is 3. The van der Waals surface area contributed by atoms with Gasteiger partial charge in [-0.15, -0.1) is 11.3 Å². The average Bonchev–Trinajstić information content (AvgIpc) is 3.10. The molecule has 0 aliphatic carbocycles. The number of carbonyl (C=O) groups is 2. The molecule has 3 heterocycles. The highest BCUT2D eigenvalue weighted by Gasteiger charge is 2.20. The molecule has 0 spiro atoms. The average molecular weight is 318 g/mol. The number of rotatable bonds is 4. The molecule has 22 heavy (non-hydrogen) atoms. The highest BCUT2D eigenvalue weighted by atomic mass is 32.1. The molecule has 2 amide bonds. The lowest BCUT2D eigenvalue weighted by Crippen LogP contribution is -2.29. The van der Waals surface area contributed by atoms with Gasteiger partial charge in [0.1, 0.15) is 6.54 Å². The predicted molar refractivity (Wildman–Crippen MR) is 83.7 cm³/mol. The number of aromatic nitrogens is 2. The van der Waals surface area contributed by atoms with Crippen LogP contribution in [-0.2, 0) is 24.3 Å². The fraction of sp³-hybridized carbons (Fsp3) is 0.400. The molecular weight excluding hydrogens is 300 g/mol. The largest absolute Gasteiger partial charge is 0.352 e. The Kier molecular flexibility index (Phi) is 4.24. The van der Waals surface area contributed by atoms with E-state index in [1.807, 2.05) is 17.5 Å². The number of amides is 2. The van der Waals surface area contributed by atoms with Gasteiger partial charge in [-0.05, 0) is 24.3 Å². The Bertz CT molecular complexity index is 678. The third-order valence-electron chi connectivity index (χ3n) is 3.65. The molecule has 1 N–H and O–H groups in total. The van der Waals surface area contributed by atoms with Crippen molar-refractivity contribution in [2.75, 3.05) is 13.6 Å². The van der Waals surface area contributed by atoms with Gasteiger partial charge in [0.15, 0.2) is 0 Å². The van der Waals surface area contributed by atoms with Crippen molar-refractivity contribution in [3.63, 3.8) is 0 Å². The minimum absolute atomic E-state index is 0.0218. The standard InChI is InChI=1S/C15H18N4O2S/c1-18(8-11-4-3-7-22-11)14(20)10-19-9-12-13(17-19)5-2-6-16-15(12)21/h3-4,7,9H,2,5-6,8,10H2,1H3,(H,16,21). The van der Waals surface area contributed by atoms with Crippen molar-refractivity contribution >= 4 is 23.2 Å². The molecule has 0 atom stereocenters. The molecule has 2 aromatic heterocycles. The molecule has 1 aliphatic heterocycles. The van der Waals surface area contributed by atoms with E-state index in [9.17, 15) is 9.59 Å². The number of fused-ring (bicyclic) bond motifs is 1. The molecule has 0 saturated carbocycles. The zero-order valence-corrected chi connectivity index (χ0v) is 13.2. The number of hydrogen-bond acceptors (Lipinski definition) is 4. The summed E-state index contributed by atoms with van der Waals surface area (Å²) in [5, 5.41) is 9.22. The molecule has 0 bridgehead atoms. The summed E-state index contributed by atoms with van der Waals surface area (Å²) in [7, 11) is 1.78. The van der Waals surface area contributed by atoms with Crippen LogP contribution in [-0.4, -0.2) is 40.1 Å². The fourth-order valence-corrected chi connectivity index (χ4v) is 3.21. The first-order chi connectivity index (χ1) is 10.6. The second-order valence-corrected chi connectivity index (χ2v) is 6.41. The number of aryl methyl sites for hydroxylation is 1. The molecule has 2 aromatic rings. The lowest BCUT2D eigenvalue weighted by Gasteiger charge is -2.16. The van der Waals surface area contributed by atoms with Crippen LogP contribution in [0.1, 0.15) is 27.3 Å². The highest BCUT2D eigenvalue weighted by molar-refractivity contribution is 7.09. The van der Waals surface area contributed by atoms with Crippen molar-refractivity contribution < 1.29 is 9.59 Å². The van der Waals surface area contributed by atoms with Gasteiger partial charge in [0.2, 0.25) is 5.91 Å².